The maximum atomic E-state index is 11.5. The molecule has 16 heavy (non-hydrogen) atoms. The van der Waals surface area contributed by atoms with E-state index in [0.29, 0.717) is 0 Å². The molecule has 0 aliphatic rings. The molecular weight excluding hydrogens is 255 g/mol. The molecule has 0 amide bonds. The van der Waals surface area contributed by atoms with Crippen molar-refractivity contribution in [2.75, 3.05) is 21.3 Å². The van der Waals surface area contributed by atoms with Gasteiger partial charge in [-0.15, -0.1) is 0 Å². The third kappa shape index (κ3) is 2.18. The number of benzene rings is 1. The number of rotatable bonds is 3. The minimum absolute atomic E-state index is 0.0519. The summed E-state index contributed by atoms with van der Waals surface area (Å²) in [5.41, 5.74) is 0.0519. The second kappa shape index (κ2) is 5.27. The van der Waals surface area contributed by atoms with E-state index in [-0.39, 0.29) is 27.1 Å². The zero-order chi connectivity index (χ0) is 12.3. The number of carbonyl (C=O) groups is 1. The Hall–Kier alpha value is -1.13. The lowest BCUT2D eigenvalue weighted by atomic mass is 10.2. The van der Waals surface area contributed by atoms with Gasteiger partial charge in [-0.05, 0) is 0 Å². The largest absolute Gasteiger partial charge is 0.495 e. The topological polar surface area (TPSA) is 44.8 Å². The first-order valence-electron chi connectivity index (χ1n) is 4.25. The number of hydrogen-bond donors (Lipinski definition) is 0. The molecule has 0 radical (unpaired) electrons. The summed E-state index contributed by atoms with van der Waals surface area (Å²) in [7, 11) is 4.05. The van der Waals surface area contributed by atoms with Crippen LogP contribution in [-0.4, -0.2) is 27.3 Å². The van der Waals surface area contributed by atoms with Crippen LogP contribution in [-0.2, 0) is 4.74 Å². The molecule has 0 spiro atoms. The van der Waals surface area contributed by atoms with Crippen molar-refractivity contribution in [1.29, 1.82) is 0 Å². The van der Waals surface area contributed by atoms with Crippen LogP contribution >= 0.6 is 23.2 Å². The van der Waals surface area contributed by atoms with E-state index in [1.54, 1.807) is 0 Å². The van der Waals surface area contributed by atoms with Gasteiger partial charge in [0.05, 0.1) is 26.4 Å². The highest BCUT2D eigenvalue weighted by Gasteiger charge is 2.23. The van der Waals surface area contributed by atoms with E-state index in [2.05, 4.69) is 4.74 Å². The van der Waals surface area contributed by atoms with E-state index in [1.165, 1.54) is 27.4 Å². The van der Waals surface area contributed by atoms with Crippen molar-refractivity contribution >= 4 is 29.2 Å². The lowest BCUT2D eigenvalue weighted by Gasteiger charge is -2.13. The van der Waals surface area contributed by atoms with Gasteiger partial charge in [0.1, 0.15) is 16.3 Å². The SMILES string of the molecule is COC(=O)c1c(Cl)c(OC)cc(Cl)c1OC. The van der Waals surface area contributed by atoms with Gasteiger partial charge in [-0.2, -0.15) is 0 Å². The molecule has 88 valence electrons. The normalized spacial score (nSPS) is 9.81. The quantitative estimate of drug-likeness (QED) is 0.788. The van der Waals surface area contributed by atoms with Crippen LogP contribution in [0.2, 0.25) is 10.0 Å². The number of carbonyl (C=O) groups excluding carboxylic acids is 1. The molecule has 0 atom stereocenters. The predicted molar refractivity (Wildman–Crippen MR) is 60.9 cm³/mol. The van der Waals surface area contributed by atoms with Crippen molar-refractivity contribution in [3.8, 4) is 11.5 Å². The van der Waals surface area contributed by atoms with Crippen LogP contribution in [0.3, 0.4) is 0 Å². The summed E-state index contributed by atoms with van der Waals surface area (Å²) in [6.07, 6.45) is 0. The third-order valence-corrected chi connectivity index (χ3v) is 2.61. The van der Waals surface area contributed by atoms with Crippen LogP contribution in [0.25, 0.3) is 0 Å². The van der Waals surface area contributed by atoms with Crippen LogP contribution in [0.1, 0.15) is 10.4 Å². The molecule has 0 aliphatic carbocycles. The fourth-order valence-corrected chi connectivity index (χ4v) is 1.78. The van der Waals surface area contributed by atoms with Crippen molar-refractivity contribution < 1.29 is 19.0 Å². The van der Waals surface area contributed by atoms with Crippen LogP contribution in [0.4, 0.5) is 0 Å². The van der Waals surface area contributed by atoms with Crippen molar-refractivity contribution in [3.05, 3.63) is 21.7 Å². The van der Waals surface area contributed by atoms with E-state index in [0.717, 1.165) is 0 Å². The van der Waals surface area contributed by atoms with Crippen LogP contribution in [0.5, 0.6) is 11.5 Å². The zero-order valence-corrected chi connectivity index (χ0v) is 10.5. The van der Waals surface area contributed by atoms with Crippen LogP contribution in [0, 0.1) is 0 Å². The van der Waals surface area contributed by atoms with Gasteiger partial charge in [0.15, 0.2) is 5.75 Å². The van der Waals surface area contributed by atoms with Crippen molar-refractivity contribution in [2.45, 2.75) is 0 Å². The second-order valence-electron chi connectivity index (χ2n) is 2.77. The Morgan fingerprint density at radius 1 is 1.19 bits per heavy atom. The van der Waals surface area contributed by atoms with Crippen molar-refractivity contribution in [1.82, 2.24) is 0 Å². The maximum absolute atomic E-state index is 11.5. The lowest BCUT2D eigenvalue weighted by Crippen LogP contribution is -2.06. The highest BCUT2D eigenvalue weighted by molar-refractivity contribution is 6.38. The molecule has 1 aromatic rings. The highest BCUT2D eigenvalue weighted by Crippen LogP contribution is 2.40. The summed E-state index contributed by atoms with van der Waals surface area (Å²) in [6, 6.07) is 1.47. The van der Waals surface area contributed by atoms with E-state index in [1.807, 2.05) is 0 Å². The van der Waals surface area contributed by atoms with Gasteiger partial charge < -0.3 is 14.2 Å². The molecule has 0 unspecified atom stereocenters. The predicted octanol–water partition coefficient (Wildman–Crippen LogP) is 2.80. The fourth-order valence-electron chi connectivity index (χ4n) is 1.22. The summed E-state index contributed by atoms with van der Waals surface area (Å²) in [5.74, 6) is -0.185. The first kappa shape index (κ1) is 12.9. The first-order valence-corrected chi connectivity index (χ1v) is 5.00. The van der Waals surface area contributed by atoms with Crippen molar-refractivity contribution in [2.24, 2.45) is 0 Å². The molecule has 4 nitrogen and oxygen atoms in total. The van der Waals surface area contributed by atoms with E-state index < -0.39 is 5.97 Å². The monoisotopic (exact) mass is 264 g/mol. The summed E-state index contributed by atoms with van der Waals surface area (Å²) < 4.78 is 14.6. The van der Waals surface area contributed by atoms with Gasteiger partial charge in [0, 0.05) is 6.07 Å². The lowest BCUT2D eigenvalue weighted by molar-refractivity contribution is 0.0597. The van der Waals surface area contributed by atoms with Gasteiger partial charge in [-0.25, -0.2) is 4.79 Å². The minimum Gasteiger partial charge on any atom is -0.495 e. The van der Waals surface area contributed by atoms with E-state index >= 15 is 0 Å². The number of methoxy groups -OCH3 is 3. The Morgan fingerprint density at radius 2 is 1.81 bits per heavy atom. The van der Waals surface area contributed by atoms with Crippen LogP contribution in [0.15, 0.2) is 6.07 Å². The summed E-state index contributed by atoms with van der Waals surface area (Å²) in [4.78, 5) is 11.5. The molecule has 0 bridgehead atoms. The Labute approximate surface area is 103 Å². The molecule has 0 saturated carbocycles. The molecule has 1 rings (SSSR count). The number of ether oxygens (including phenoxy) is 3. The zero-order valence-electron chi connectivity index (χ0n) is 8.97. The summed E-state index contributed by atoms with van der Waals surface area (Å²) in [6.45, 7) is 0. The second-order valence-corrected chi connectivity index (χ2v) is 3.56. The number of esters is 1. The molecule has 1 aromatic carbocycles. The molecule has 0 fully saturated rings. The smallest absolute Gasteiger partial charge is 0.343 e. The molecule has 6 heteroatoms. The average Bonchev–Trinajstić information content (AvgIpc) is 2.29. The molecule has 0 saturated heterocycles. The third-order valence-electron chi connectivity index (χ3n) is 1.95. The molecule has 0 heterocycles. The number of halogens is 2. The van der Waals surface area contributed by atoms with E-state index in [9.17, 15) is 4.79 Å². The first-order chi connectivity index (χ1) is 7.56. The average molecular weight is 265 g/mol. The minimum atomic E-state index is -0.636. The highest BCUT2D eigenvalue weighted by atomic mass is 35.5. The molecule has 0 N–H and O–H groups in total. The Morgan fingerprint density at radius 3 is 2.25 bits per heavy atom. The summed E-state index contributed by atoms with van der Waals surface area (Å²) in [5, 5.41) is 0.333. The summed E-state index contributed by atoms with van der Waals surface area (Å²) >= 11 is 11.9. The van der Waals surface area contributed by atoms with E-state index in [4.69, 9.17) is 32.7 Å². The van der Waals surface area contributed by atoms with Gasteiger partial charge in [0.2, 0.25) is 0 Å². The molecule has 0 aromatic heterocycles. The number of hydrogen-bond acceptors (Lipinski definition) is 4. The Kier molecular flexibility index (Phi) is 4.26. The standard InChI is InChI=1S/C10H10Cl2O4/c1-14-6-4-5(11)9(15-2)7(8(6)12)10(13)16-3/h4H,1-3H3. The Balaban J connectivity index is 3.51. The van der Waals surface area contributed by atoms with Gasteiger partial charge >= 0.3 is 5.97 Å². The van der Waals surface area contributed by atoms with Gasteiger partial charge in [-0.1, -0.05) is 23.2 Å². The van der Waals surface area contributed by atoms with Gasteiger partial charge in [0.25, 0.3) is 0 Å². The maximum Gasteiger partial charge on any atom is 0.343 e. The fraction of sp³-hybridized carbons (Fsp3) is 0.300. The van der Waals surface area contributed by atoms with Crippen molar-refractivity contribution in [3.63, 3.8) is 0 Å². The Bertz CT molecular complexity index is 418. The van der Waals surface area contributed by atoms with Crippen LogP contribution < -0.4 is 9.47 Å². The molecular formula is C10H10Cl2O4. The van der Waals surface area contributed by atoms with Gasteiger partial charge in [-0.3, -0.25) is 0 Å². The molecule has 0 aliphatic heterocycles.